The van der Waals surface area contributed by atoms with Gasteiger partial charge in [0.25, 0.3) is 11.8 Å². The third-order valence-electron chi connectivity index (χ3n) is 4.03. The van der Waals surface area contributed by atoms with Crippen molar-refractivity contribution in [2.45, 2.75) is 0 Å². The summed E-state index contributed by atoms with van der Waals surface area (Å²) < 4.78 is 0. The summed E-state index contributed by atoms with van der Waals surface area (Å²) in [6.45, 7) is 0. The number of nitrogens with two attached hydrogens (primary N) is 1. The second-order valence-electron chi connectivity index (χ2n) is 5.35. The first kappa shape index (κ1) is 13.8. The van der Waals surface area contributed by atoms with Crippen LogP contribution in [-0.4, -0.2) is 11.8 Å². The number of nitrogen functional groups attached to an aromatic ring is 1. The van der Waals surface area contributed by atoms with Gasteiger partial charge in [0.1, 0.15) is 0 Å². The molecule has 0 aliphatic carbocycles. The first-order valence-electron chi connectivity index (χ1n) is 7.03. The van der Waals surface area contributed by atoms with Gasteiger partial charge in [-0.05, 0) is 42.5 Å². The van der Waals surface area contributed by atoms with Crippen LogP contribution in [0.2, 0.25) is 5.02 Å². The molecule has 5 heteroatoms. The summed E-state index contributed by atoms with van der Waals surface area (Å²) in [5.41, 5.74) is 7.96. The molecule has 4 rings (SSSR count). The van der Waals surface area contributed by atoms with E-state index in [0.29, 0.717) is 32.9 Å². The fourth-order valence-corrected chi connectivity index (χ4v) is 3.07. The van der Waals surface area contributed by atoms with Crippen molar-refractivity contribution in [1.82, 2.24) is 0 Å². The lowest BCUT2D eigenvalue weighted by Gasteiger charge is -2.27. The Morgan fingerprint density at radius 1 is 0.826 bits per heavy atom. The summed E-state index contributed by atoms with van der Waals surface area (Å²) in [7, 11) is 0. The molecule has 3 aromatic carbocycles. The number of nitrogens with zero attached hydrogens (tertiary/aromatic N) is 1. The monoisotopic (exact) mass is 322 g/mol. The number of carbonyl (C=O) groups is 2. The van der Waals surface area contributed by atoms with Gasteiger partial charge in [0, 0.05) is 32.6 Å². The van der Waals surface area contributed by atoms with Crippen LogP contribution in [0.5, 0.6) is 0 Å². The van der Waals surface area contributed by atoms with Gasteiger partial charge in [-0.25, -0.2) is 4.90 Å². The van der Waals surface area contributed by atoms with Crippen molar-refractivity contribution in [1.29, 1.82) is 0 Å². The molecule has 1 heterocycles. The van der Waals surface area contributed by atoms with E-state index in [9.17, 15) is 9.59 Å². The van der Waals surface area contributed by atoms with Crippen molar-refractivity contribution in [3.63, 3.8) is 0 Å². The largest absolute Gasteiger partial charge is 0.398 e. The van der Waals surface area contributed by atoms with Crippen LogP contribution < -0.4 is 10.6 Å². The molecule has 0 unspecified atom stereocenters. The first-order chi connectivity index (χ1) is 11.1. The van der Waals surface area contributed by atoms with Gasteiger partial charge >= 0.3 is 0 Å². The fraction of sp³-hybridized carbons (Fsp3) is 0. The van der Waals surface area contributed by atoms with Crippen molar-refractivity contribution in [3.8, 4) is 0 Å². The van der Waals surface area contributed by atoms with Gasteiger partial charge in [-0.2, -0.15) is 0 Å². The Balaban J connectivity index is 1.99. The number of rotatable bonds is 1. The number of halogens is 1. The van der Waals surface area contributed by atoms with Crippen LogP contribution >= 0.6 is 11.6 Å². The zero-order chi connectivity index (χ0) is 16.1. The molecule has 0 saturated heterocycles. The summed E-state index contributed by atoms with van der Waals surface area (Å²) in [5.74, 6) is -0.720. The maximum Gasteiger partial charge on any atom is 0.265 e. The van der Waals surface area contributed by atoms with E-state index in [1.807, 2.05) is 6.07 Å². The van der Waals surface area contributed by atoms with Gasteiger partial charge in [0.15, 0.2) is 0 Å². The molecule has 1 aliphatic rings. The average molecular weight is 323 g/mol. The molecular weight excluding hydrogens is 312 g/mol. The minimum absolute atomic E-state index is 0.360. The van der Waals surface area contributed by atoms with E-state index in [1.54, 1.807) is 48.5 Å². The lowest BCUT2D eigenvalue weighted by Crippen LogP contribution is -2.40. The molecule has 0 aromatic heterocycles. The maximum atomic E-state index is 12.8. The van der Waals surface area contributed by atoms with Gasteiger partial charge < -0.3 is 5.73 Å². The van der Waals surface area contributed by atoms with Crippen LogP contribution in [0, 0.1) is 0 Å². The van der Waals surface area contributed by atoms with Crippen LogP contribution in [0.15, 0.2) is 54.6 Å². The molecular formula is C18H11ClN2O2. The molecule has 0 spiro atoms. The number of anilines is 2. The van der Waals surface area contributed by atoms with Crippen molar-refractivity contribution >= 4 is 45.6 Å². The molecule has 0 bridgehead atoms. The second kappa shape index (κ2) is 4.83. The Kier molecular flexibility index (Phi) is 2.89. The Morgan fingerprint density at radius 2 is 1.48 bits per heavy atom. The van der Waals surface area contributed by atoms with Crippen LogP contribution in [0.1, 0.15) is 20.7 Å². The predicted molar refractivity (Wildman–Crippen MR) is 91.0 cm³/mol. The lowest BCUT2D eigenvalue weighted by molar-refractivity contribution is 0.0893. The molecule has 0 atom stereocenters. The van der Waals surface area contributed by atoms with E-state index in [2.05, 4.69) is 0 Å². The molecule has 1 aliphatic heterocycles. The first-order valence-corrected chi connectivity index (χ1v) is 7.41. The van der Waals surface area contributed by atoms with E-state index in [4.69, 9.17) is 17.3 Å². The number of amides is 2. The highest BCUT2D eigenvalue weighted by molar-refractivity contribution is 6.36. The normalized spacial score (nSPS) is 13.7. The SMILES string of the molecule is Nc1ccc2c3c(cccc13)C(=O)N(c1ccc(Cl)cc1)C2=O. The molecule has 0 fully saturated rings. The van der Waals surface area contributed by atoms with Gasteiger partial charge in [-0.15, -0.1) is 0 Å². The third-order valence-corrected chi connectivity index (χ3v) is 4.28. The topological polar surface area (TPSA) is 63.4 Å². The van der Waals surface area contributed by atoms with Crippen LogP contribution in [0.4, 0.5) is 11.4 Å². The molecule has 2 amide bonds. The highest BCUT2D eigenvalue weighted by Crippen LogP contribution is 2.35. The zero-order valence-electron chi connectivity index (χ0n) is 11.9. The van der Waals surface area contributed by atoms with E-state index in [0.717, 1.165) is 5.39 Å². The molecule has 2 N–H and O–H groups in total. The predicted octanol–water partition coefficient (Wildman–Crippen LogP) is 3.88. The zero-order valence-corrected chi connectivity index (χ0v) is 12.7. The molecule has 112 valence electrons. The van der Waals surface area contributed by atoms with Crippen molar-refractivity contribution in [2.24, 2.45) is 0 Å². The Hall–Kier alpha value is -2.85. The second-order valence-corrected chi connectivity index (χ2v) is 5.79. The number of hydrogen-bond acceptors (Lipinski definition) is 3. The lowest BCUT2D eigenvalue weighted by atomic mass is 9.93. The van der Waals surface area contributed by atoms with E-state index < -0.39 is 0 Å². The smallest absolute Gasteiger partial charge is 0.265 e. The van der Waals surface area contributed by atoms with Crippen LogP contribution in [-0.2, 0) is 0 Å². The number of hydrogen-bond donors (Lipinski definition) is 1. The molecule has 0 saturated carbocycles. The summed E-state index contributed by atoms with van der Waals surface area (Å²) in [6.07, 6.45) is 0. The third kappa shape index (κ3) is 1.92. The Labute approximate surface area is 137 Å². The van der Waals surface area contributed by atoms with Gasteiger partial charge in [-0.1, -0.05) is 23.7 Å². The van der Waals surface area contributed by atoms with Crippen LogP contribution in [0.25, 0.3) is 10.8 Å². The number of carbonyl (C=O) groups excluding carboxylic acids is 2. The highest BCUT2D eigenvalue weighted by Gasteiger charge is 2.34. The molecule has 23 heavy (non-hydrogen) atoms. The summed E-state index contributed by atoms with van der Waals surface area (Å²) >= 11 is 5.88. The van der Waals surface area contributed by atoms with Crippen molar-refractivity contribution in [2.75, 3.05) is 10.6 Å². The summed E-state index contributed by atoms with van der Waals surface area (Å²) in [4.78, 5) is 26.9. The number of imide groups is 1. The summed E-state index contributed by atoms with van der Waals surface area (Å²) in [5, 5.41) is 1.88. The standard InChI is InChI=1S/C18H11ClN2O2/c19-10-4-6-11(7-5-10)21-17(22)13-3-1-2-12-15(20)9-8-14(16(12)13)18(21)23/h1-9H,20H2. The summed E-state index contributed by atoms with van der Waals surface area (Å²) in [6, 6.07) is 15.3. The Bertz CT molecular complexity index is 958. The average Bonchev–Trinajstić information content (AvgIpc) is 2.56. The van der Waals surface area contributed by atoms with Gasteiger partial charge in [-0.3, -0.25) is 9.59 Å². The van der Waals surface area contributed by atoms with E-state index in [1.165, 1.54) is 4.90 Å². The van der Waals surface area contributed by atoms with Gasteiger partial charge in [0.05, 0.1) is 5.69 Å². The van der Waals surface area contributed by atoms with Crippen LogP contribution in [0.3, 0.4) is 0 Å². The van der Waals surface area contributed by atoms with Crippen molar-refractivity contribution < 1.29 is 9.59 Å². The minimum Gasteiger partial charge on any atom is -0.398 e. The van der Waals surface area contributed by atoms with Gasteiger partial charge in [0.2, 0.25) is 0 Å². The van der Waals surface area contributed by atoms with E-state index >= 15 is 0 Å². The molecule has 4 nitrogen and oxygen atoms in total. The molecule has 3 aromatic rings. The van der Waals surface area contributed by atoms with Crippen molar-refractivity contribution in [3.05, 3.63) is 70.7 Å². The highest BCUT2D eigenvalue weighted by atomic mass is 35.5. The number of benzene rings is 3. The quantitative estimate of drug-likeness (QED) is 0.546. The Morgan fingerprint density at radius 3 is 2.17 bits per heavy atom. The maximum absolute atomic E-state index is 12.8. The minimum atomic E-state index is -0.360. The fourth-order valence-electron chi connectivity index (χ4n) is 2.94. The van der Waals surface area contributed by atoms with E-state index in [-0.39, 0.29) is 11.8 Å². The molecule has 0 radical (unpaired) electrons.